The van der Waals surface area contributed by atoms with Gasteiger partial charge in [-0.15, -0.1) is 0 Å². The second-order valence-corrected chi connectivity index (χ2v) is 12.3. The fourth-order valence-electron chi connectivity index (χ4n) is 6.58. The Morgan fingerprint density at radius 2 is 1.82 bits per heavy atom. The van der Waals surface area contributed by atoms with Gasteiger partial charge in [-0.2, -0.15) is 18.3 Å². The van der Waals surface area contributed by atoms with E-state index in [1.54, 1.807) is 24.3 Å². The number of ether oxygens (including phenoxy) is 2. The van der Waals surface area contributed by atoms with Crippen LogP contribution in [0.25, 0.3) is 33.2 Å². The van der Waals surface area contributed by atoms with Gasteiger partial charge in [-0.25, -0.2) is 15.0 Å². The lowest BCUT2D eigenvalue weighted by Crippen LogP contribution is -2.39. The highest BCUT2D eigenvalue weighted by atomic mass is 19.4. The number of halogens is 3. The number of pyridine rings is 1. The molecule has 2 aromatic carbocycles. The van der Waals surface area contributed by atoms with Crippen LogP contribution in [0.2, 0.25) is 0 Å². The predicted octanol–water partition coefficient (Wildman–Crippen LogP) is 5.53. The molecule has 12 nitrogen and oxygen atoms in total. The topological polar surface area (TPSA) is 119 Å². The molecule has 1 saturated heterocycles. The van der Waals surface area contributed by atoms with E-state index in [1.165, 1.54) is 19.2 Å². The minimum absolute atomic E-state index is 0.116. The molecule has 4 aromatic heterocycles. The number of hydrogen-bond acceptors (Lipinski definition) is 8. The van der Waals surface area contributed by atoms with Crippen molar-refractivity contribution in [1.29, 1.82) is 0 Å². The molecule has 5 heterocycles. The third-order valence-corrected chi connectivity index (χ3v) is 9.39. The Kier molecular flexibility index (Phi) is 8.68. The van der Waals surface area contributed by atoms with Gasteiger partial charge in [0.15, 0.2) is 0 Å². The molecule has 260 valence electrons. The Morgan fingerprint density at radius 3 is 2.56 bits per heavy atom. The quantitative estimate of drug-likeness (QED) is 0.222. The van der Waals surface area contributed by atoms with Crippen LogP contribution in [-0.2, 0) is 31.1 Å². The zero-order valence-corrected chi connectivity index (χ0v) is 28.0. The molecule has 1 aliphatic heterocycles. The second kappa shape index (κ2) is 13.1. The number of aryl methyl sites for hydroxylation is 1. The molecular formula is C35H36F3N9O3. The zero-order valence-electron chi connectivity index (χ0n) is 28.0. The zero-order chi connectivity index (χ0) is 35.2. The summed E-state index contributed by atoms with van der Waals surface area (Å²) in [7, 11) is 4.86. The fraction of sp³-hybridized carbons (Fsp3) is 0.343. The molecule has 7 rings (SSSR count). The average molecular weight is 688 g/mol. The van der Waals surface area contributed by atoms with Crippen LogP contribution in [0.4, 0.5) is 13.2 Å². The van der Waals surface area contributed by atoms with Gasteiger partial charge >= 0.3 is 6.18 Å². The Balaban J connectivity index is 1.25. The number of methoxy groups -OCH3 is 2. The summed E-state index contributed by atoms with van der Waals surface area (Å²) in [5.41, 5.74) is 4.48. The fourth-order valence-corrected chi connectivity index (χ4v) is 6.58. The standard InChI is InChI=1S/C35H36F3N9O3/c1-21-23(17-40-44(21)2)19-45-12-11-29(32-39-18-28(41-32)25-15-22-7-5-6-8-26(22)42-33(25)50-4)46(14-13-45)31(48)20-47-30-16-24(49-3)9-10-27(30)43-34(47)35(36,37)38/h5-10,15-18,29H,11-14,19-20H2,1-4H3,(H,39,41). The van der Waals surface area contributed by atoms with Crippen molar-refractivity contribution < 1.29 is 27.4 Å². The van der Waals surface area contributed by atoms with Crippen molar-refractivity contribution >= 4 is 27.8 Å². The summed E-state index contributed by atoms with van der Waals surface area (Å²) in [5.74, 6) is -0.366. The van der Waals surface area contributed by atoms with E-state index < -0.39 is 30.5 Å². The van der Waals surface area contributed by atoms with Crippen LogP contribution < -0.4 is 9.47 Å². The monoisotopic (exact) mass is 687 g/mol. The van der Waals surface area contributed by atoms with Gasteiger partial charge in [0.2, 0.25) is 17.6 Å². The maximum absolute atomic E-state index is 14.3. The van der Waals surface area contributed by atoms with Crippen molar-refractivity contribution in [3.8, 4) is 22.9 Å². The molecule has 0 saturated carbocycles. The van der Waals surface area contributed by atoms with Crippen LogP contribution in [-0.4, -0.2) is 83.8 Å². The number of rotatable bonds is 8. The van der Waals surface area contributed by atoms with Crippen molar-refractivity contribution in [1.82, 2.24) is 44.1 Å². The summed E-state index contributed by atoms with van der Waals surface area (Å²) in [5, 5.41) is 5.28. The second-order valence-electron chi connectivity index (χ2n) is 12.3. The van der Waals surface area contributed by atoms with Crippen molar-refractivity contribution in [2.24, 2.45) is 7.05 Å². The van der Waals surface area contributed by atoms with E-state index >= 15 is 0 Å². The molecule has 1 N–H and O–H groups in total. The highest BCUT2D eigenvalue weighted by molar-refractivity contribution is 5.85. The van der Waals surface area contributed by atoms with Gasteiger partial charge in [0.05, 0.1) is 60.5 Å². The van der Waals surface area contributed by atoms with E-state index in [2.05, 4.69) is 25.0 Å². The Labute approximate surface area is 285 Å². The highest BCUT2D eigenvalue weighted by Gasteiger charge is 2.39. The van der Waals surface area contributed by atoms with Crippen molar-refractivity contribution in [2.45, 2.75) is 38.7 Å². The maximum atomic E-state index is 14.3. The molecule has 1 amide bonds. The Hall–Kier alpha value is -5.44. The summed E-state index contributed by atoms with van der Waals surface area (Å²) in [6.07, 6.45) is -0.797. The Morgan fingerprint density at radius 1 is 1.00 bits per heavy atom. The number of para-hydroxylation sites is 1. The summed E-state index contributed by atoms with van der Waals surface area (Å²) >= 11 is 0. The van der Waals surface area contributed by atoms with Gasteiger partial charge in [0.1, 0.15) is 18.1 Å². The van der Waals surface area contributed by atoms with Gasteiger partial charge in [0.25, 0.3) is 0 Å². The number of imidazole rings is 2. The van der Waals surface area contributed by atoms with E-state index in [-0.39, 0.29) is 17.6 Å². The van der Waals surface area contributed by atoms with Gasteiger partial charge in [-0.3, -0.25) is 14.4 Å². The van der Waals surface area contributed by atoms with Crippen molar-refractivity contribution in [3.05, 3.63) is 83.8 Å². The summed E-state index contributed by atoms with van der Waals surface area (Å²) in [6, 6.07) is 13.5. The first-order valence-electron chi connectivity index (χ1n) is 16.1. The molecule has 1 atom stereocenters. The highest BCUT2D eigenvalue weighted by Crippen LogP contribution is 2.35. The number of alkyl halides is 3. The molecule has 0 bridgehead atoms. The summed E-state index contributed by atoms with van der Waals surface area (Å²) in [6.45, 7) is 3.41. The van der Waals surface area contributed by atoms with Crippen molar-refractivity contribution in [2.75, 3.05) is 33.9 Å². The number of amides is 1. The number of carbonyl (C=O) groups is 1. The normalized spacial score (nSPS) is 15.9. The number of carbonyl (C=O) groups excluding carboxylic acids is 1. The number of benzene rings is 2. The lowest BCUT2D eigenvalue weighted by Gasteiger charge is -2.29. The number of fused-ring (bicyclic) bond motifs is 2. The first-order chi connectivity index (χ1) is 24.0. The predicted molar refractivity (Wildman–Crippen MR) is 179 cm³/mol. The molecule has 0 radical (unpaired) electrons. The molecular weight excluding hydrogens is 651 g/mol. The SMILES string of the molecule is COc1ccc2nc(C(F)(F)F)n(CC(=O)N3CCN(Cc4cnn(C)c4C)CCC3c3ncc(-c4cc5ccccc5nc4OC)[nH]3)c2c1. The van der Waals surface area contributed by atoms with Gasteiger partial charge in [-0.1, -0.05) is 18.2 Å². The first kappa shape index (κ1) is 33.1. The lowest BCUT2D eigenvalue weighted by molar-refractivity contribution is -0.148. The number of aromatic amines is 1. The summed E-state index contributed by atoms with van der Waals surface area (Å²) < 4.78 is 56.6. The summed E-state index contributed by atoms with van der Waals surface area (Å²) in [4.78, 5) is 34.8. The van der Waals surface area contributed by atoms with E-state index in [0.29, 0.717) is 54.8 Å². The molecule has 6 aromatic rings. The van der Waals surface area contributed by atoms with Gasteiger partial charge < -0.3 is 23.9 Å². The number of hydrogen-bond donors (Lipinski definition) is 1. The van der Waals surface area contributed by atoms with Crippen molar-refractivity contribution in [3.63, 3.8) is 0 Å². The van der Waals surface area contributed by atoms with Crippen LogP contribution in [0.5, 0.6) is 11.6 Å². The van der Waals surface area contributed by atoms with Crippen LogP contribution >= 0.6 is 0 Å². The van der Waals surface area contributed by atoms with Crippen LogP contribution in [0, 0.1) is 6.92 Å². The Bertz CT molecular complexity index is 2190. The lowest BCUT2D eigenvalue weighted by atomic mass is 10.1. The first-order valence-corrected chi connectivity index (χ1v) is 16.1. The number of aromatic nitrogens is 7. The minimum atomic E-state index is -4.79. The van der Waals surface area contributed by atoms with E-state index in [1.807, 2.05) is 55.2 Å². The molecule has 50 heavy (non-hydrogen) atoms. The molecule has 0 aliphatic carbocycles. The third-order valence-electron chi connectivity index (χ3n) is 9.39. The number of H-pyrrole nitrogens is 1. The molecule has 1 unspecified atom stereocenters. The minimum Gasteiger partial charge on any atom is -0.497 e. The van der Waals surface area contributed by atoms with E-state index in [4.69, 9.17) is 14.5 Å². The van der Waals surface area contributed by atoms with Crippen LogP contribution in [0.15, 0.2) is 60.9 Å². The van der Waals surface area contributed by atoms with E-state index in [0.717, 1.165) is 26.7 Å². The molecule has 1 fully saturated rings. The molecule has 15 heteroatoms. The van der Waals surface area contributed by atoms with Gasteiger partial charge in [-0.05, 0) is 37.6 Å². The maximum Gasteiger partial charge on any atom is 0.449 e. The van der Waals surface area contributed by atoms with E-state index in [9.17, 15) is 18.0 Å². The number of nitrogens with one attached hydrogen (secondary N) is 1. The van der Waals surface area contributed by atoms with Gasteiger partial charge in [0, 0.05) is 55.9 Å². The van der Waals surface area contributed by atoms with Crippen LogP contribution in [0.3, 0.4) is 0 Å². The largest absolute Gasteiger partial charge is 0.497 e. The third kappa shape index (κ3) is 6.24. The number of nitrogens with zero attached hydrogens (tertiary/aromatic N) is 8. The van der Waals surface area contributed by atoms with Crippen LogP contribution in [0.1, 0.15) is 35.4 Å². The molecule has 0 spiro atoms. The average Bonchev–Trinajstić information content (AvgIpc) is 3.78. The molecule has 1 aliphatic rings. The smallest absolute Gasteiger partial charge is 0.449 e.